The summed E-state index contributed by atoms with van der Waals surface area (Å²) in [5.41, 5.74) is 2.22. The summed E-state index contributed by atoms with van der Waals surface area (Å²) in [6, 6.07) is 2.80. The molecule has 0 saturated carbocycles. The quantitative estimate of drug-likeness (QED) is 0.736. The third-order valence-corrected chi connectivity index (χ3v) is 2.90. The lowest BCUT2D eigenvalue weighted by molar-refractivity contribution is -0.0498. The van der Waals surface area contributed by atoms with Gasteiger partial charge in [0.2, 0.25) is 0 Å². The number of hydrogen-bond donors (Lipinski definition) is 0. The van der Waals surface area contributed by atoms with Gasteiger partial charge in [-0.15, -0.1) is 10.2 Å². The van der Waals surface area contributed by atoms with E-state index in [0.717, 1.165) is 0 Å². The Morgan fingerprint density at radius 2 is 2.05 bits per heavy atom. The van der Waals surface area contributed by atoms with Crippen LogP contribution >= 0.6 is 0 Å². The molecule has 20 heavy (non-hydrogen) atoms. The van der Waals surface area contributed by atoms with Crippen molar-refractivity contribution in [1.82, 2.24) is 19.6 Å². The highest BCUT2D eigenvalue weighted by Gasteiger charge is 2.14. The molecule has 0 aliphatic carbocycles. The number of rotatable bonds is 3. The summed E-state index contributed by atoms with van der Waals surface area (Å²) in [5, 5.41) is 8.10. The minimum Gasteiger partial charge on any atom is -0.494 e. The Bertz CT molecular complexity index is 788. The molecule has 3 aromatic rings. The molecule has 0 unspecified atom stereocenters. The molecule has 0 bridgehead atoms. The van der Waals surface area contributed by atoms with Gasteiger partial charge in [0.25, 0.3) is 0 Å². The Balaban J connectivity index is 2.33. The second-order valence-electron chi connectivity index (χ2n) is 4.10. The zero-order valence-electron chi connectivity index (χ0n) is 10.7. The maximum absolute atomic E-state index is 12.4. The van der Waals surface area contributed by atoms with E-state index < -0.39 is 6.61 Å². The maximum atomic E-state index is 12.4. The van der Waals surface area contributed by atoms with E-state index in [2.05, 4.69) is 19.9 Å². The van der Waals surface area contributed by atoms with Gasteiger partial charge in [-0.05, 0) is 6.92 Å². The first kappa shape index (κ1) is 12.5. The Kier molecular flexibility index (Phi) is 2.85. The molecule has 0 N–H and O–H groups in total. The minimum absolute atomic E-state index is 0.00926. The minimum atomic E-state index is -2.91. The summed E-state index contributed by atoms with van der Waals surface area (Å²) in [6.45, 7) is -1.13. The number of methoxy groups -OCH3 is 1. The molecule has 0 aliphatic heterocycles. The molecule has 0 radical (unpaired) electrons. The highest BCUT2D eigenvalue weighted by atomic mass is 19.3. The summed E-state index contributed by atoms with van der Waals surface area (Å²) in [4.78, 5) is 4.12. The third kappa shape index (κ3) is 1.89. The molecular formula is C12H10F2N4O2. The van der Waals surface area contributed by atoms with Gasteiger partial charge in [0.05, 0.1) is 18.3 Å². The van der Waals surface area contributed by atoms with Crippen LogP contribution in [0.15, 0.2) is 18.5 Å². The molecule has 0 spiro atoms. The monoisotopic (exact) mass is 280 g/mol. The second kappa shape index (κ2) is 4.55. The number of fused-ring (bicyclic) bond motifs is 3. The van der Waals surface area contributed by atoms with E-state index in [9.17, 15) is 8.78 Å². The van der Waals surface area contributed by atoms with Crippen molar-refractivity contribution in [2.75, 3.05) is 7.11 Å². The van der Waals surface area contributed by atoms with Gasteiger partial charge in [-0.25, -0.2) is 4.98 Å². The van der Waals surface area contributed by atoms with Crippen LogP contribution in [0, 0.1) is 6.92 Å². The lowest BCUT2D eigenvalue weighted by atomic mass is 10.2. The van der Waals surface area contributed by atoms with E-state index in [0.29, 0.717) is 28.1 Å². The molecule has 2 heterocycles. The lowest BCUT2D eigenvalue weighted by Crippen LogP contribution is -2.04. The van der Waals surface area contributed by atoms with Crippen LogP contribution in [-0.2, 0) is 0 Å². The fraction of sp³-hybridized carbons (Fsp3) is 0.250. The van der Waals surface area contributed by atoms with Crippen LogP contribution in [0.1, 0.15) is 5.69 Å². The SMILES string of the molecule is COc1cc(OC(F)F)cc2c1nnc1c(C)ncn12. The largest absolute Gasteiger partial charge is 0.494 e. The molecule has 2 aromatic heterocycles. The zero-order chi connectivity index (χ0) is 14.3. The van der Waals surface area contributed by atoms with Crippen LogP contribution in [0.3, 0.4) is 0 Å². The average molecular weight is 280 g/mol. The maximum Gasteiger partial charge on any atom is 0.387 e. The first-order valence-electron chi connectivity index (χ1n) is 5.73. The smallest absolute Gasteiger partial charge is 0.387 e. The first-order valence-corrected chi connectivity index (χ1v) is 5.73. The number of aryl methyl sites for hydroxylation is 1. The number of alkyl halides is 2. The summed E-state index contributed by atoms with van der Waals surface area (Å²) in [5.74, 6) is 0.295. The van der Waals surface area contributed by atoms with E-state index in [1.807, 2.05) is 0 Å². The molecule has 0 amide bonds. The molecule has 8 heteroatoms. The van der Waals surface area contributed by atoms with E-state index in [1.165, 1.54) is 19.2 Å². The molecule has 0 saturated heterocycles. The molecule has 6 nitrogen and oxygen atoms in total. The van der Waals surface area contributed by atoms with Crippen molar-refractivity contribution in [3.63, 3.8) is 0 Å². The summed E-state index contributed by atoms with van der Waals surface area (Å²) >= 11 is 0. The van der Waals surface area contributed by atoms with Gasteiger partial charge in [-0.2, -0.15) is 8.78 Å². The number of ether oxygens (including phenoxy) is 2. The van der Waals surface area contributed by atoms with Crippen molar-refractivity contribution >= 4 is 16.7 Å². The fourth-order valence-corrected chi connectivity index (χ4v) is 2.00. The predicted octanol–water partition coefficient (Wildman–Crippen LogP) is 2.20. The number of imidazole rings is 1. The lowest BCUT2D eigenvalue weighted by Gasteiger charge is -2.10. The van der Waals surface area contributed by atoms with Gasteiger partial charge in [-0.3, -0.25) is 4.40 Å². The van der Waals surface area contributed by atoms with Crippen LogP contribution in [0.5, 0.6) is 11.5 Å². The molecular weight excluding hydrogens is 270 g/mol. The van der Waals surface area contributed by atoms with E-state index in [1.54, 1.807) is 17.7 Å². The average Bonchev–Trinajstić information content (AvgIpc) is 2.79. The van der Waals surface area contributed by atoms with Gasteiger partial charge in [-0.1, -0.05) is 0 Å². The molecule has 0 aliphatic rings. The van der Waals surface area contributed by atoms with Crippen molar-refractivity contribution in [1.29, 1.82) is 0 Å². The molecule has 3 rings (SSSR count). The second-order valence-corrected chi connectivity index (χ2v) is 4.10. The van der Waals surface area contributed by atoms with Crippen molar-refractivity contribution in [2.24, 2.45) is 0 Å². The Morgan fingerprint density at radius 1 is 1.25 bits per heavy atom. The van der Waals surface area contributed by atoms with E-state index >= 15 is 0 Å². The van der Waals surface area contributed by atoms with Gasteiger partial charge in [0, 0.05) is 12.1 Å². The fourth-order valence-electron chi connectivity index (χ4n) is 2.00. The van der Waals surface area contributed by atoms with Gasteiger partial charge >= 0.3 is 6.61 Å². The molecule has 104 valence electrons. The Morgan fingerprint density at radius 3 is 2.75 bits per heavy atom. The number of benzene rings is 1. The number of aromatic nitrogens is 4. The van der Waals surface area contributed by atoms with Crippen molar-refractivity contribution in [3.8, 4) is 11.5 Å². The topological polar surface area (TPSA) is 61.5 Å². The standard InChI is InChI=1S/C12H10F2N4O2/c1-6-11-17-16-10-8(18(11)5-15-6)3-7(20-12(13)14)4-9(10)19-2/h3-5,12H,1-2H3. The van der Waals surface area contributed by atoms with E-state index in [-0.39, 0.29) is 5.75 Å². The molecule has 0 atom stereocenters. The summed E-state index contributed by atoms with van der Waals surface area (Å²) in [7, 11) is 1.42. The number of halogens is 2. The Labute approximate surface area is 112 Å². The van der Waals surface area contributed by atoms with Crippen LogP contribution in [0.25, 0.3) is 16.7 Å². The highest BCUT2D eigenvalue weighted by Crippen LogP contribution is 2.30. The van der Waals surface area contributed by atoms with Crippen molar-refractivity contribution < 1.29 is 18.3 Å². The van der Waals surface area contributed by atoms with Gasteiger partial charge < -0.3 is 9.47 Å². The zero-order valence-corrected chi connectivity index (χ0v) is 10.7. The van der Waals surface area contributed by atoms with Gasteiger partial charge in [0.15, 0.2) is 16.9 Å². The predicted molar refractivity (Wildman–Crippen MR) is 66.2 cm³/mol. The van der Waals surface area contributed by atoms with E-state index in [4.69, 9.17) is 4.74 Å². The summed E-state index contributed by atoms with van der Waals surface area (Å²) in [6.07, 6.45) is 1.55. The van der Waals surface area contributed by atoms with Crippen LogP contribution in [-0.4, -0.2) is 33.3 Å². The highest BCUT2D eigenvalue weighted by molar-refractivity contribution is 5.84. The van der Waals surface area contributed by atoms with Crippen LogP contribution < -0.4 is 9.47 Å². The van der Waals surface area contributed by atoms with Gasteiger partial charge in [0.1, 0.15) is 12.1 Å². The summed E-state index contributed by atoms with van der Waals surface area (Å²) < 4.78 is 35.9. The number of hydrogen-bond acceptors (Lipinski definition) is 5. The molecule has 0 fully saturated rings. The van der Waals surface area contributed by atoms with Crippen LogP contribution in [0.4, 0.5) is 8.78 Å². The Hall–Kier alpha value is -2.51. The van der Waals surface area contributed by atoms with Crippen molar-refractivity contribution in [3.05, 3.63) is 24.2 Å². The number of nitrogens with zero attached hydrogens (tertiary/aromatic N) is 4. The first-order chi connectivity index (χ1) is 9.60. The van der Waals surface area contributed by atoms with Crippen LogP contribution in [0.2, 0.25) is 0 Å². The van der Waals surface area contributed by atoms with Crippen molar-refractivity contribution in [2.45, 2.75) is 13.5 Å². The molecule has 1 aromatic carbocycles. The third-order valence-electron chi connectivity index (χ3n) is 2.90. The normalized spacial score (nSPS) is 11.4.